The molecule has 2 rings (SSSR count). The summed E-state index contributed by atoms with van der Waals surface area (Å²) in [5.74, 6) is -0.0714. The zero-order valence-electron chi connectivity index (χ0n) is 12.9. The van der Waals surface area contributed by atoms with Crippen molar-refractivity contribution in [2.45, 2.75) is 38.4 Å². The lowest BCUT2D eigenvalue weighted by molar-refractivity contribution is -0.123. The number of benzene rings is 1. The maximum absolute atomic E-state index is 11.6. The van der Waals surface area contributed by atoms with Crippen molar-refractivity contribution >= 4 is 53.9 Å². The number of carbonyl (C=O) groups is 1. The fourth-order valence-corrected chi connectivity index (χ4v) is 2.78. The number of hydrogen-bond donors (Lipinski definition) is 2. The van der Waals surface area contributed by atoms with Gasteiger partial charge in [-0.15, -0.1) is 24.8 Å². The molecule has 0 saturated carbocycles. The maximum atomic E-state index is 11.6. The molecule has 1 aliphatic rings. The average molecular weight is 403 g/mol. The number of hydrogen-bond acceptors (Lipinski definition) is 3. The van der Waals surface area contributed by atoms with E-state index >= 15 is 0 Å². The first-order valence-electron chi connectivity index (χ1n) is 7.18. The van der Waals surface area contributed by atoms with E-state index in [-0.39, 0.29) is 36.8 Å². The van der Waals surface area contributed by atoms with E-state index < -0.39 is 6.04 Å². The molecular formula is C15H23Cl4N3O. The molecule has 0 spiro atoms. The molecule has 1 atom stereocenters. The highest BCUT2D eigenvalue weighted by molar-refractivity contribution is 6.42. The van der Waals surface area contributed by atoms with Gasteiger partial charge in [0.2, 0.25) is 5.91 Å². The highest BCUT2D eigenvalue weighted by atomic mass is 35.5. The second-order valence-electron chi connectivity index (χ2n) is 5.60. The quantitative estimate of drug-likeness (QED) is 0.812. The van der Waals surface area contributed by atoms with Gasteiger partial charge in [-0.2, -0.15) is 0 Å². The minimum atomic E-state index is -0.445. The summed E-state index contributed by atoms with van der Waals surface area (Å²) >= 11 is 12.0. The molecule has 1 amide bonds. The lowest BCUT2D eigenvalue weighted by Gasteiger charge is -2.32. The molecule has 3 N–H and O–H groups in total. The van der Waals surface area contributed by atoms with Crippen molar-refractivity contribution in [1.82, 2.24) is 10.2 Å². The SMILES string of the molecule is C[C@@H](N)C(=O)NC1CCN(Cc2ccc(Cl)c(Cl)c2)CC1.Cl.Cl. The first-order valence-corrected chi connectivity index (χ1v) is 7.93. The van der Waals surface area contributed by atoms with Crippen molar-refractivity contribution < 1.29 is 4.79 Å². The molecule has 0 bridgehead atoms. The van der Waals surface area contributed by atoms with E-state index in [2.05, 4.69) is 10.2 Å². The number of nitrogens with zero attached hydrogens (tertiary/aromatic N) is 1. The van der Waals surface area contributed by atoms with Gasteiger partial charge in [0.1, 0.15) is 0 Å². The third-order valence-electron chi connectivity index (χ3n) is 3.74. The number of nitrogens with one attached hydrogen (secondary N) is 1. The van der Waals surface area contributed by atoms with Crippen molar-refractivity contribution in [2.75, 3.05) is 13.1 Å². The molecule has 0 unspecified atom stereocenters. The number of amides is 1. The Morgan fingerprint density at radius 1 is 1.30 bits per heavy atom. The Balaban J connectivity index is 0.00000242. The van der Waals surface area contributed by atoms with Crippen LogP contribution < -0.4 is 11.1 Å². The summed E-state index contributed by atoms with van der Waals surface area (Å²) in [5, 5.41) is 4.16. The molecule has 0 aliphatic carbocycles. The molecular weight excluding hydrogens is 380 g/mol. The highest BCUT2D eigenvalue weighted by Gasteiger charge is 2.21. The van der Waals surface area contributed by atoms with Gasteiger partial charge in [0.15, 0.2) is 0 Å². The second-order valence-corrected chi connectivity index (χ2v) is 6.41. The van der Waals surface area contributed by atoms with Gasteiger partial charge in [-0.25, -0.2) is 0 Å². The van der Waals surface area contributed by atoms with Gasteiger partial charge < -0.3 is 11.1 Å². The van der Waals surface area contributed by atoms with Crippen molar-refractivity contribution in [3.8, 4) is 0 Å². The van der Waals surface area contributed by atoms with Crippen LogP contribution in [0.25, 0.3) is 0 Å². The van der Waals surface area contributed by atoms with E-state index in [9.17, 15) is 4.79 Å². The number of carbonyl (C=O) groups excluding carboxylic acids is 1. The van der Waals surface area contributed by atoms with Crippen molar-refractivity contribution in [3.63, 3.8) is 0 Å². The molecule has 0 radical (unpaired) electrons. The lowest BCUT2D eigenvalue weighted by Crippen LogP contribution is -2.48. The summed E-state index contributed by atoms with van der Waals surface area (Å²) in [6.07, 6.45) is 1.89. The summed E-state index contributed by atoms with van der Waals surface area (Å²) < 4.78 is 0. The fourth-order valence-electron chi connectivity index (χ4n) is 2.46. The molecule has 0 aromatic heterocycles. The standard InChI is InChI=1S/C15H21Cl2N3O.2ClH/c1-10(18)15(21)19-12-4-6-20(7-5-12)9-11-2-3-13(16)14(17)8-11;;/h2-3,8,10,12H,4-7,9,18H2,1H3,(H,19,21);2*1H/t10-;;/m1../s1. The van der Waals surface area contributed by atoms with Crippen molar-refractivity contribution in [1.29, 1.82) is 0 Å². The van der Waals surface area contributed by atoms with Crippen molar-refractivity contribution in [3.05, 3.63) is 33.8 Å². The van der Waals surface area contributed by atoms with E-state index in [0.29, 0.717) is 10.0 Å². The fraction of sp³-hybridized carbons (Fsp3) is 0.533. The van der Waals surface area contributed by atoms with Gasteiger partial charge in [-0.3, -0.25) is 9.69 Å². The Morgan fingerprint density at radius 2 is 1.91 bits per heavy atom. The Hall–Kier alpha value is -0.230. The maximum Gasteiger partial charge on any atom is 0.236 e. The Labute approximate surface area is 159 Å². The Bertz CT molecular complexity index is 505. The molecule has 4 nitrogen and oxygen atoms in total. The van der Waals surface area contributed by atoms with Gasteiger partial charge in [0, 0.05) is 25.7 Å². The summed E-state index contributed by atoms with van der Waals surface area (Å²) in [6, 6.07) is 5.52. The van der Waals surface area contributed by atoms with Crippen molar-refractivity contribution in [2.24, 2.45) is 5.73 Å². The van der Waals surface area contributed by atoms with E-state index in [0.717, 1.165) is 38.0 Å². The van der Waals surface area contributed by atoms with Gasteiger partial charge in [0.25, 0.3) is 0 Å². The topological polar surface area (TPSA) is 58.4 Å². The molecule has 1 aliphatic heterocycles. The van der Waals surface area contributed by atoms with Crippen LogP contribution in [0, 0.1) is 0 Å². The normalized spacial score (nSPS) is 16.9. The van der Waals surface area contributed by atoms with Crippen LogP contribution in [-0.4, -0.2) is 36.0 Å². The predicted octanol–water partition coefficient (Wildman–Crippen LogP) is 3.26. The number of halogens is 4. The molecule has 1 aromatic rings. The van der Waals surface area contributed by atoms with Crippen LogP contribution >= 0.6 is 48.0 Å². The molecule has 1 heterocycles. The minimum absolute atomic E-state index is 0. The summed E-state index contributed by atoms with van der Waals surface area (Å²) in [6.45, 7) is 4.45. The van der Waals surface area contributed by atoms with Gasteiger partial charge in [0.05, 0.1) is 16.1 Å². The summed E-state index contributed by atoms with van der Waals surface area (Å²) in [5.41, 5.74) is 6.72. The van der Waals surface area contributed by atoms with E-state index in [1.54, 1.807) is 6.92 Å². The highest BCUT2D eigenvalue weighted by Crippen LogP contribution is 2.24. The van der Waals surface area contributed by atoms with E-state index in [1.807, 2.05) is 18.2 Å². The molecule has 1 aromatic carbocycles. The van der Waals surface area contributed by atoms with Gasteiger partial charge in [-0.05, 0) is 37.5 Å². The number of nitrogens with two attached hydrogens (primary N) is 1. The third-order valence-corrected chi connectivity index (χ3v) is 4.48. The number of likely N-dealkylation sites (tertiary alicyclic amines) is 1. The van der Waals surface area contributed by atoms with E-state index in [1.165, 1.54) is 0 Å². The summed E-state index contributed by atoms with van der Waals surface area (Å²) in [4.78, 5) is 13.9. The zero-order valence-corrected chi connectivity index (χ0v) is 16.1. The van der Waals surface area contributed by atoms with Gasteiger partial charge >= 0.3 is 0 Å². The number of piperidine rings is 1. The lowest BCUT2D eigenvalue weighted by atomic mass is 10.0. The molecule has 8 heteroatoms. The zero-order chi connectivity index (χ0) is 15.4. The Kier molecular flexibility index (Phi) is 10.5. The summed E-state index contributed by atoms with van der Waals surface area (Å²) in [7, 11) is 0. The second kappa shape index (κ2) is 10.6. The first-order chi connectivity index (χ1) is 9.95. The average Bonchev–Trinajstić information content (AvgIpc) is 2.45. The molecule has 132 valence electrons. The van der Waals surface area contributed by atoms with Crippen LogP contribution in [0.1, 0.15) is 25.3 Å². The third kappa shape index (κ3) is 7.04. The predicted molar refractivity (Wildman–Crippen MR) is 101 cm³/mol. The largest absolute Gasteiger partial charge is 0.352 e. The van der Waals surface area contributed by atoms with Crippen LogP contribution in [0.5, 0.6) is 0 Å². The van der Waals surface area contributed by atoms with E-state index in [4.69, 9.17) is 28.9 Å². The van der Waals surface area contributed by atoms with Crippen LogP contribution in [0.15, 0.2) is 18.2 Å². The van der Waals surface area contributed by atoms with Crippen LogP contribution in [0.4, 0.5) is 0 Å². The molecule has 23 heavy (non-hydrogen) atoms. The molecule has 1 fully saturated rings. The minimum Gasteiger partial charge on any atom is -0.352 e. The van der Waals surface area contributed by atoms with Gasteiger partial charge in [-0.1, -0.05) is 29.3 Å². The van der Waals surface area contributed by atoms with Crippen LogP contribution in [0.3, 0.4) is 0 Å². The van der Waals surface area contributed by atoms with Crippen LogP contribution in [-0.2, 0) is 11.3 Å². The number of rotatable bonds is 4. The first kappa shape index (κ1) is 22.8. The monoisotopic (exact) mass is 401 g/mol. The van der Waals surface area contributed by atoms with Crippen LogP contribution in [0.2, 0.25) is 10.0 Å². The smallest absolute Gasteiger partial charge is 0.236 e. The Morgan fingerprint density at radius 3 is 2.43 bits per heavy atom. The molecule has 1 saturated heterocycles.